The first kappa shape index (κ1) is 14.5. The van der Waals surface area contributed by atoms with E-state index < -0.39 is 4.92 Å². The largest absolute Gasteiger partial charge is 0.450 e. The fourth-order valence-corrected chi connectivity index (χ4v) is 2.03. The molecule has 104 valence electrons. The molecule has 0 fully saturated rings. The molecule has 20 heavy (non-hydrogen) atoms. The van der Waals surface area contributed by atoms with Gasteiger partial charge < -0.3 is 4.74 Å². The molecule has 0 aliphatic heterocycles. The molecule has 2 rings (SSSR count). The van der Waals surface area contributed by atoms with Crippen LogP contribution in [0, 0.1) is 22.9 Å². The predicted molar refractivity (Wildman–Crippen MR) is 76.9 cm³/mol. The molecule has 6 heteroatoms. The van der Waals surface area contributed by atoms with E-state index in [4.69, 9.17) is 4.74 Å². The molecule has 2 aromatic carbocycles. The summed E-state index contributed by atoms with van der Waals surface area (Å²) in [6.07, 6.45) is 0. The predicted octanol–water partition coefficient (Wildman–Crippen LogP) is 4.73. The quantitative estimate of drug-likeness (QED) is 0.459. The third-order valence-corrected chi connectivity index (χ3v) is 3.38. The average molecular weight is 340 g/mol. The molecule has 4 nitrogen and oxygen atoms in total. The average Bonchev–Trinajstić information content (AvgIpc) is 2.43. The number of alkyl halides is 1. The van der Waals surface area contributed by atoms with Gasteiger partial charge in [0.1, 0.15) is 11.6 Å². The van der Waals surface area contributed by atoms with E-state index in [1.54, 1.807) is 13.0 Å². The van der Waals surface area contributed by atoms with E-state index in [1.165, 1.54) is 30.3 Å². The summed E-state index contributed by atoms with van der Waals surface area (Å²) < 4.78 is 18.7. The third kappa shape index (κ3) is 3.14. The molecular weight excluding hydrogens is 329 g/mol. The summed E-state index contributed by atoms with van der Waals surface area (Å²) in [7, 11) is 0. The summed E-state index contributed by atoms with van der Waals surface area (Å²) in [6.45, 7) is 1.60. The first-order valence-electron chi connectivity index (χ1n) is 5.78. The van der Waals surface area contributed by atoms with Gasteiger partial charge in [-0.15, -0.1) is 0 Å². The third-order valence-electron chi connectivity index (χ3n) is 2.73. The number of ether oxygens (including phenoxy) is 1. The molecule has 0 saturated carbocycles. The van der Waals surface area contributed by atoms with Crippen LogP contribution >= 0.6 is 15.9 Å². The molecule has 0 aliphatic rings. The topological polar surface area (TPSA) is 52.4 Å². The molecule has 2 aromatic rings. The number of nitro groups is 1. The number of nitro benzene ring substituents is 1. The Morgan fingerprint density at radius 2 is 2.05 bits per heavy atom. The minimum Gasteiger partial charge on any atom is -0.450 e. The van der Waals surface area contributed by atoms with Crippen molar-refractivity contribution < 1.29 is 14.1 Å². The number of rotatable bonds is 4. The smallest absolute Gasteiger partial charge is 0.311 e. The van der Waals surface area contributed by atoms with Gasteiger partial charge in [0.15, 0.2) is 0 Å². The number of benzene rings is 2. The van der Waals surface area contributed by atoms with Gasteiger partial charge >= 0.3 is 5.69 Å². The lowest BCUT2D eigenvalue weighted by molar-refractivity contribution is -0.385. The number of halogens is 2. The van der Waals surface area contributed by atoms with Gasteiger partial charge in [-0.25, -0.2) is 4.39 Å². The Morgan fingerprint density at radius 1 is 1.30 bits per heavy atom. The summed E-state index contributed by atoms with van der Waals surface area (Å²) in [4.78, 5) is 10.5. The van der Waals surface area contributed by atoms with Crippen molar-refractivity contribution in [2.24, 2.45) is 0 Å². The molecule has 0 atom stereocenters. The molecular formula is C14H11BrFNO3. The second-order valence-electron chi connectivity index (χ2n) is 4.21. The first-order valence-corrected chi connectivity index (χ1v) is 6.90. The lowest BCUT2D eigenvalue weighted by Crippen LogP contribution is -1.95. The summed E-state index contributed by atoms with van der Waals surface area (Å²) in [5.74, 6) is 0.144. The second kappa shape index (κ2) is 6.00. The molecule has 0 amide bonds. The number of aryl methyl sites for hydroxylation is 1. The van der Waals surface area contributed by atoms with Crippen LogP contribution in [0.1, 0.15) is 11.1 Å². The standard InChI is InChI=1S/C14H11BrFNO3/c1-9-6-11(3-4-12(9)16)20-14-5-2-10(8-15)7-13(14)17(18)19/h2-7H,8H2,1H3. The van der Waals surface area contributed by atoms with E-state index in [0.29, 0.717) is 16.6 Å². The van der Waals surface area contributed by atoms with E-state index in [2.05, 4.69) is 15.9 Å². The fourth-order valence-electron chi connectivity index (χ4n) is 1.68. The maximum Gasteiger partial charge on any atom is 0.311 e. The van der Waals surface area contributed by atoms with Gasteiger partial charge in [-0.2, -0.15) is 0 Å². The Kier molecular flexibility index (Phi) is 4.34. The molecule has 0 aromatic heterocycles. The molecule has 0 aliphatic carbocycles. The molecule has 0 saturated heterocycles. The van der Waals surface area contributed by atoms with Crippen LogP contribution in [0.4, 0.5) is 10.1 Å². The first-order chi connectivity index (χ1) is 9.51. The maximum absolute atomic E-state index is 13.2. The van der Waals surface area contributed by atoms with E-state index in [1.807, 2.05) is 0 Å². The van der Waals surface area contributed by atoms with Crippen LogP contribution in [0.15, 0.2) is 36.4 Å². The van der Waals surface area contributed by atoms with Gasteiger partial charge in [-0.3, -0.25) is 10.1 Å². The molecule has 0 unspecified atom stereocenters. The molecule has 0 bridgehead atoms. The van der Waals surface area contributed by atoms with Crippen molar-refractivity contribution in [2.75, 3.05) is 0 Å². The zero-order chi connectivity index (χ0) is 14.7. The van der Waals surface area contributed by atoms with Crippen LogP contribution < -0.4 is 4.74 Å². The van der Waals surface area contributed by atoms with Crippen LogP contribution in [-0.4, -0.2) is 4.92 Å². The van der Waals surface area contributed by atoms with Crippen LogP contribution in [-0.2, 0) is 5.33 Å². The lowest BCUT2D eigenvalue weighted by atomic mass is 10.2. The van der Waals surface area contributed by atoms with Crippen molar-refractivity contribution in [3.63, 3.8) is 0 Å². The minimum absolute atomic E-state index is 0.121. The van der Waals surface area contributed by atoms with Crippen molar-refractivity contribution in [3.05, 3.63) is 63.5 Å². The Balaban J connectivity index is 2.37. The van der Waals surface area contributed by atoms with Crippen molar-refractivity contribution in [1.82, 2.24) is 0 Å². The highest BCUT2D eigenvalue weighted by molar-refractivity contribution is 9.08. The van der Waals surface area contributed by atoms with Crippen LogP contribution in [0.3, 0.4) is 0 Å². The highest BCUT2D eigenvalue weighted by atomic mass is 79.9. The van der Waals surface area contributed by atoms with E-state index in [-0.39, 0.29) is 17.3 Å². The number of nitrogens with zero attached hydrogens (tertiary/aromatic N) is 1. The van der Waals surface area contributed by atoms with Gasteiger partial charge in [0, 0.05) is 11.4 Å². The lowest BCUT2D eigenvalue weighted by Gasteiger charge is -2.08. The van der Waals surface area contributed by atoms with Crippen molar-refractivity contribution in [2.45, 2.75) is 12.3 Å². The molecule has 0 spiro atoms. The van der Waals surface area contributed by atoms with Gasteiger partial charge in [0.25, 0.3) is 0 Å². The zero-order valence-corrected chi connectivity index (χ0v) is 12.2. The van der Waals surface area contributed by atoms with E-state index >= 15 is 0 Å². The minimum atomic E-state index is -0.502. The highest BCUT2D eigenvalue weighted by Crippen LogP contribution is 2.33. The maximum atomic E-state index is 13.2. The number of hydrogen-bond donors (Lipinski definition) is 0. The Morgan fingerprint density at radius 3 is 2.65 bits per heavy atom. The molecule has 0 heterocycles. The fraction of sp³-hybridized carbons (Fsp3) is 0.143. The monoisotopic (exact) mass is 339 g/mol. The SMILES string of the molecule is Cc1cc(Oc2ccc(CBr)cc2[N+](=O)[O-])ccc1F. The van der Waals surface area contributed by atoms with Crippen molar-refractivity contribution in [1.29, 1.82) is 0 Å². The van der Waals surface area contributed by atoms with Crippen LogP contribution in [0.25, 0.3) is 0 Å². The summed E-state index contributed by atoms with van der Waals surface area (Å²) >= 11 is 3.24. The number of hydrogen-bond acceptors (Lipinski definition) is 3. The van der Waals surface area contributed by atoms with Gasteiger partial charge in [-0.05, 0) is 42.3 Å². The molecule has 0 radical (unpaired) electrons. The van der Waals surface area contributed by atoms with E-state index in [9.17, 15) is 14.5 Å². The second-order valence-corrected chi connectivity index (χ2v) is 4.77. The highest BCUT2D eigenvalue weighted by Gasteiger charge is 2.16. The van der Waals surface area contributed by atoms with E-state index in [0.717, 1.165) is 5.56 Å². The zero-order valence-electron chi connectivity index (χ0n) is 10.6. The Bertz CT molecular complexity index is 661. The summed E-state index contributed by atoms with van der Waals surface area (Å²) in [6, 6.07) is 8.91. The van der Waals surface area contributed by atoms with Gasteiger partial charge in [0.05, 0.1) is 4.92 Å². The van der Waals surface area contributed by atoms with Crippen molar-refractivity contribution >= 4 is 21.6 Å². The molecule has 0 N–H and O–H groups in total. The van der Waals surface area contributed by atoms with Crippen LogP contribution in [0.5, 0.6) is 11.5 Å². The summed E-state index contributed by atoms with van der Waals surface area (Å²) in [5, 5.41) is 11.6. The normalized spacial score (nSPS) is 10.3. The summed E-state index contributed by atoms with van der Waals surface area (Å²) in [5.41, 5.74) is 1.07. The Labute approximate surface area is 123 Å². The van der Waals surface area contributed by atoms with Crippen molar-refractivity contribution in [3.8, 4) is 11.5 Å². The van der Waals surface area contributed by atoms with Gasteiger partial charge in [0.2, 0.25) is 5.75 Å². The van der Waals surface area contributed by atoms with Crippen LogP contribution in [0.2, 0.25) is 0 Å². The van der Waals surface area contributed by atoms with Gasteiger partial charge in [-0.1, -0.05) is 22.0 Å². The Hall–Kier alpha value is -1.95.